The van der Waals surface area contributed by atoms with Crippen LogP contribution in [0.4, 0.5) is 0 Å². The molecule has 2 rings (SSSR count). The van der Waals surface area contributed by atoms with Crippen LogP contribution in [0, 0.1) is 0 Å². The van der Waals surface area contributed by atoms with Crippen LogP contribution in [0.1, 0.15) is 39.3 Å². The first-order valence-electron chi connectivity index (χ1n) is 5.29. The second kappa shape index (κ2) is 3.78. The molecule has 15 heavy (non-hydrogen) atoms. The zero-order valence-electron chi connectivity index (χ0n) is 9.38. The van der Waals surface area contributed by atoms with Crippen molar-refractivity contribution in [1.29, 1.82) is 0 Å². The fourth-order valence-electron chi connectivity index (χ4n) is 1.29. The van der Waals surface area contributed by atoms with E-state index in [1.165, 1.54) is 12.8 Å². The molecule has 1 saturated carbocycles. The number of aromatic nitrogens is 1. The Bertz CT molecular complexity index is 366. The van der Waals surface area contributed by atoms with Gasteiger partial charge in [-0.15, -0.1) is 0 Å². The van der Waals surface area contributed by atoms with Gasteiger partial charge in [0.05, 0.1) is 10.6 Å². The Balaban J connectivity index is 2.27. The third kappa shape index (κ3) is 2.71. The van der Waals surface area contributed by atoms with Gasteiger partial charge in [-0.1, -0.05) is 20.8 Å². The second-order valence-electron chi connectivity index (χ2n) is 5.07. The lowest BCUT2D eigenvalue weighted by Crippen LogP contribution is -2.13. The Hall–Kier alpha value is -0.570. The van der Waals surface area contributed by atoms with Crippen molar-refractivity contribution in [1.82, 2.24) is 4.98 Å². The molecule has 1 aliphatic rings. The first kappa shape index (κ1) is 10.9. The standard InChI is InChI=1S/C12H16BrNO/c1-12(2,3)11-6-10(9(13)7-14-11)15-8-4-5-8/h6-8H,4-5H2,1-3H3. The molecule has 0 aromatic carbocycles. The van der Waals surface area contributed by atoms with Gasteiger partial charge < -0.3 is 4.74 Å². The van der Waals surface area contributed by atoms with E-state index in [0.29, 0.717) is 6.10 Å². The lowest BCUT2D eigenvalue weighted by Gasteiger charge is -2.19. The smallest absolute Gasteiger partial charge is 0.137 e. The summed E-state index contributed by atoms with van der Waals surface area (Å²) in [7, 11) is 0. The van der Waals surface area contributed by atoms with Gasteiger partial charge in [-0.3, -0.25) is 4.98 Å². The summed E-state index contributed by atoms with van der Waals surface area (Å²) < 4.78 is 6.75. The van der Waals surface area contributed by atoms with Crippen molar-refractivity contribution < 1.29 is 4.74 Å². The van der Waals surface area contributed by atoms with E-state index in [4.69, 9.17) is 4.74 Å². The van der Waals surface area contributed by atoms with Crippen molar-refractivity contribution in [2.75, 3.05) is 0 Å². The van der Waals surface area contributed by atoms with E-state index in [1.807, 2.05) is 12.3 Å². The van der Waals surface area contributed by atoms with Crippen molar-refractivity contribution in [3.8, 4) is 5.75 Å². The molecule has 1 fully saturated rings. The third-order valence-electron chi connectivity index (χ3n) is 2.41. The van der Waals surface area contributed by atoms with Crippen molar-refractivity contribution in [2.24, 2.45) is 0 Å². The minimum absolute atomic E-state index is 0.0718. The van der Waals surface area contributed by atoms with Crippen LogP contribution in [-0.2, 0) is 5.41 Å². The molecular weight excluding hydrogens is 254 g/mol. The van der Waals surface area contributed by atoms with E-state index >= 15 is 0 Å². The van der Waals surface area contributed by atoms with Gasteiger partial charge in [0.25, 0.3) is 0 Å². The minimum atomic E-state index is 0.0718. The van der Waals surface area contributed by atoms with E-state index in [2.05, 4.69) is 41.7 Å². The molecule has 0 bridgehead atoms. The van der Waals surface area contributed by atoms with E-state index < -0.39 is 0 Å². The lowest BCUT2D eigenvalue weighted by atomic mass is 9.92. The highest BCUT2D eigenvalue weighted by Gasteiger charge is 2.25. The molecule has 0 aliphatic heterocycles. The Labute approximate surface area is 99.2 Å². The van der Waals surface area contributed by atoms with Crippen molar-refractivity contribution in [2.45, 2.75) is 45.1 Å². The number of hydrogen-bond acceptors (Lipinski definition) is 2. The zero-order chi connectivity index (χ0) is 11.1. The van der Waals surface area contributed by atoms with Crippen LogP contribution in [0.5, 0.6) is 5.75 Å². The molecule has 0 saturated heterocycles. The van der Waals surface area contributed by atoms with Crippen LogP contribution in [0.25, 0.3) is 0 Å². The molecule has 1 aromatic rings. The quantitative estimate of drug-likeness (QED) is 0.817. The van der Waals surface area contributed by atoms with Crippen LogP contribution in [0.2, 0.25) is 0 Å². The summed E-state index contributed by atoms with van der Waals surface area (Å²) in [6.45, 7) is 6.47. The molecule has 1 aromatic heterocycles. The van der Waals surface area contributed by atoms with E-state index in [9.17, 15) is 0 Å². The fourth-order valence-corrected chi connectivity index (χ4v) is 1.60. The number of nitrogens with zero attached hydrogens (tertiary/aromatic N) is 1. The maximum absolute atomic E-state index is 5.81. The van der Waals surface area contributed by atoms with Gasteiger partial charge in [-0.05, 0) is 28.8 Å². The molecule has 0 radical (unpaired) electrons. The Morgan fingerprint density at radius 3 is 2.60 bits per heavy atom. The highest BCUT2D eigenvalue weighted by Crippen LogP contribution is 2.34. The van der Waals surface area contributed by atoms with E-state index in [-0.39, 0.29) is 5.41 Å². The molecule has 3 heteroatoms. The lowest BCUT2D eigenvalue weighted by molar-refractivity contribution is 0.299. The molecule has 82 valence electrons. The Morgan fingerprint density at radius 2 is 2.07 bits per heavy atom. The average molecular weight is 270 g/mol. The largest absolute Gasteiger partial charge is 0.489 e. The molecule has 0 spiro atoms. The van der Waals surface area contributed by atoms with Crippen LogP contribution in [0.3, 0.4) is 0 Å². The summed E-state index contributed by atoms with van der Waals surface area (Å²) in [5.74, 6) is 0.928. The number of ether oxygens (including phenoxy) is 1. The molecular formula is C12H16BrNO. The summed E-state index contributed by atoms with van der Waals surface area (Å²) in [6.07, 6.45) is 4.62. The second-order valence-corrected chi connectivity index (χ2v) is 5.92. The minimum Gasteiger partial charge on any atom is -0.489 e. The normalized spacial score (nSPS) is 16.5. The zero-order valence-corrected chi connectivity index (χ0v) is 11.0. The topological polar surface area (TPSA) is 22.1 Å². The predicted octanol–water partition coefficient (Wildman–Crippen LogP) is 3.68. The van der Waals surface area contributed by atoms with Crippen molar-refractivity contribution in [3.05, 3.63) is 22.4 Å². The third-order valence-corrected chi connectivity index (χ3v) is 3.00. The van der Waals surface area contributed by atoms with Gasteiger partial charge in [0.2, 0.25) is 0 Å². The van der Waals surface area contributed by atoms with E-state index in [1.54, 1.807) is 0 Å². The Morgan fingerprint density at radius 1 is 1.40 bits per heavy atom. The van der Waals surface area contributed by atoms with Gasteiger partial charge in [0.15, 0.2) is 0 Å². The summed E-state index contributed by atoms with van der Waals surface area (Å²) in [5.41, 5.74) is 1.14. The molecule has 1 heterocycles. The first-order valence-corrected chi connectivity index (χ1v) is 6.09. The summed E-state index contributed by atoms with van der Waals surface area (Å²) in [6, 6.07) is 2.04. The first-order chi connectivity index (χ1) is 6.97. The number of hydrogen-bond donors (Lipinski definition) is 0. The monoisotopic (exact) mass is 269 g/mol. The van der Waals surface area contributed by atoms with Crippen molar-refractivity contribution in [3.63, 3.8) is 0 Å². The van der Waals surface area contributed by atoms with E-state index in [0.717, 1.165) is 15.9 Å². The summed E-state index contributed by atoms with van der Waals surface area (Å²) >= 11 is 3.47. The molecule has 2 nitrogen and oxygen atoms in total. The van der Waals surface area contributed by atoms with Crippen LogP contribution >= 0.6 is 15.9 Å². The summed E-state index contributed by atoms with van der Waals surface area (Å²) in [5, 5.41) is 0. The maximum Gasteiger partial charge on any atom is 0.137 e. The fraction of sp³-hybridized carbons (Fsp3) is 0.583. The molecule has 0 unspecified atom stereocenters. The van der Waals surface area contributed by atoms with Gasteiger partial charge >= 0.3 is 0 Å². The van der Waals surface area contributed by atoms with Gasteiger partial charge in [0.1, 0.15) is 5.75 Å². The molecule has 1 aliphatic carbocycles. The maximum atomic E-state index is 5.81. The Kier molecular flexibility index (Phi) is 2.75. The van der Waals surface area contributed by atoms with Gasteiger partial charge in [-0.25, -0.2) is 0 Å². The molecule has 0 N–H and O–H groups in total. The number of rotatable bonds is 2. The van der Waals surface area contributed by atoms with Gasteiger partial charge in [0, 0.05) is 23.4 Å². The van der Waals surface area contributed by atoms with Crippen LogP contribution < -0.4 is 4.74 Å². The SMILES string of the molecule is CC(C)(C)c1cc(OC2CC2)c(Br)cn1. The number of pyridine rings is 1. The van der Waals surface area contributed by atoms with Crippen LogP contribution in [0.15, 0.2) is 16.7 Å². The molecule has 0 atom stereocenters. The van der Waals surface area contributed by atoms with Gasteiger partial charge in [-0.2, -0.15) is 0 Å². The predicted molar refractivity (Wildman–Crippen MR) is 64.3 cm³/mol. The highest BCUT2D eigenvalue weighted by atomic mass is 79.9. The molecule has 0 amide bonds. The average Bonchev–Trinajstić information content (AvgIpc) is 2.90. The number of halogens is 1. The highest BCUT2D eigenvalue weighted by molar-refractivity contribution is 9.10. The summed E-state index contributed by atoms with van der Waals surface area (Å²) in [4.78, 5) is 4.41. The van der Waals surface area contributed by atoms with Crippen LogP contribution in [-0.4, -0.2) is 11.1 Å². The van der Waals surface area contributed by atoms with Crippen molar-refractivity contribution >= 4 is 15.9 Å².